The van der Waals surface area contributed by atoms with Gasteiger partial charge in [-0.05, 0) is 45.4 Å². The van der Waals surface area contributed by atoms with Crippen molar-refractivity contribution < 1.29 is 5.11 Å². The second-order valence-corrected chi connectivity index (χ2v) is 4.80. The summed E-state index contributed by atoms with van der Waals surface area (Å²) >= 11 is 0. The van der Waals surface area contributed by atoms with Gasteiger partial charge in [-0.15, -0.1) is 6.58 Å². The Morgan fingerprint density at radius 3 is 2.77 bits per heavy atom. The third kappa shape index (κ3) is 3.15. The van der Waals surface area contributed by atoms with E-state index in [0.717, 1.165) is 19.3 Å². The summed E-state index contributed by atoms with van der Waals surface area (Å²) in [5, 5.41) is 10.1. The van der Waals surface area contributed by atoms with E-state index in [1.807, 2.05) is 6.92 Å². The normalized spacial score (nSPS) is 34.5. The minimum atomic E-state index is -0.409. The fourth-order valence-corrected chi connectivity index (χ4v) is 2.26. The summed E-state index contributed by atoms with van der Waals surface area (Å²) in [6.45, 7) is 7.97. The number of aliphatic hydroxyl groups is 1. The van der Waals surface area contributed by atoms with E-state index >= 15 is 0 Å². The summed E-state index contributed by atoms with van der Waals surface area (Å²) in [4.78, 5) is 0. The SMILES string of the molecule is C=C(C)CCC1CCCCC1(C)O. The van der Waals surface area contributed by atoms with Crippen LogP contribution in [0.25, 0.3) is 0 Å². The molecule has 1 aliphatic carbocycles. The Bertz CT molecular complexity index is 182. The van der Waals surface area contributed by atoms with Gasteiger partial charge < -0.3 is 5.11 Å². The largest absolute Gasteiger partial charge is 0.390 e. The second kappa shape index (κ2) is 4.28. The predicted molar refractivity (Wildman–Crippen MR) is 56.6 cm³/mol. The lowest BCUT2D eigenvalue weighted by Crippen LogP contribution is -2.37. The topological polar surface area (TPSA) is 20.2 Å². The highest BCUT2D eigenvalue weighted by atomic mass is 16.3. The van der Waals surface area contributed by atoms with Gasteiger partial charge in [0.25, 0.3) is 0 Å². The third-order valence-electron chi connectivity index (χ3n) is 3.28. The lowest BCUT2D eigenvalue weighted by atomic mass is 9.74. The molecule has 1 aliphatic rings. The van der Waals surface area contributed by atoms with Gasteiger partial charge >= 0.3 is 0 Å². The number of allylic oxidation sites excluding steroid dienone is 1. The highest BCUT2D eigenvalue weighted by Gasteiger charge is 2.33. The van der Waals surface area contributed by atoms with E-state index in [-0.39, 0.29) is 0 Å². The fraction of sp³-hybridized carbons (Fsp3) is 0.833. The number of rotatable bonds is 3. The van der Waals surface area contributed by atoms with Crippen LogP contribution >= 0.6 is 0 Å². The summed E-state index contributed by atoms with van der Waals surface area (Å²) in [6.07, 6.45) is 6.84. The zero-order valence-corrected chi connectivity index (χ0v) is 8.97. The molecule has 13 heavy (non-hydrogen) atoms. The molecule has 0 bridgehead atoms. The Morgan fingerprint density at radius 1 is 1.54 bits per heavy atom. The van der Waals surface area contributed by atoms with Crippen molar-refractivity contribution in [2.75, 3.05) is 0 Å². The van der Waals surface area contributed by atoms with Crippen molar-refractivity contribution >= 4 is 0 Å². The summed E-state index contributed by atoms with van der Waals surface area (Å²) in [5.74, 6) is 0.498. The van der Waals surface area contributed by atoms with Crippen molar-refractivity contribution in [2.45, 2.75) is 58.0 Å². The van der Waals surface area contributed by atoms with E-state index in [2.05, 4.69) is 13.5 Å². The van der Waals surface area contributed by atoms with Gasteiger partial charge in [0.15, 0.2) is 0 Å². The van der Waals surface area contributed by atoms with Gasteiger partial charge in [0, 0.05) is 0 Å². The van der Waals surface area contributed by atoms with Crippen molar-refractivity contribution in [2.24, 2.45) is 5.92 Å². The van der Waals surface area contributed by atoms with Gasteiger partial charge in [0.1, 0.15) is 0 Å². The molecule has 1 fully saturated rings. The first-order valence-electron chi connectivity index (χ1n) is 5.39. The maximum atomic E-state index is 10.1. The molecule has 76 valence electrons. The van der Waals surface area contributed by atoms with Crippen molar-refractivity contribution in [3.8, 4) is 0 Å². The van der Waals surface area contributed by atoms with Gasteiger partial charge in [-0.25, -0.2) is 0 Å². The second-order valence-electron chi connectivity index (χ2n) is 4.80. The highest BCUT2D eigenvalue weighted by molar-refractivity contribution is 4.92. The van der Waals surface area contributed by atoms with Crippen LogP contribution in [0.3, 0.4) is 0 Å². The molecule has 2 unspecified atom stereocenters. The maximum Gasteiger partial charge on any atom is 0.0647 e. The first-order valence-corrected chi connectivity index (χ1v) is 5.39. The van der Waals surface area contributed by atoms with Gasteiger partial charge in [-0.2, -0.15) is 0 Å². The molecule has 1 rings (SSSR count). The van der Waals surface area contributed by atoms with Crippen molar-refractivity contribution in [3.63, 3.8) is 0 Å². The van der Waals surface area contributed by atoms with E-state index in [1.165, 1.54) is 24.8 Å². The molecule has 0 amide bonds. The zero-order chi connectivity index (χ0) is 9.90. The smallest absolute Gasteiger partial charge is 0.0647 e. The molecule has 0 aromatic carbocycles. The molecule has 0 aliphatic heterocycles. The van der Waals surface area contributed by atoms with E-state index in [0.29, 0.717) is 5.92 Å². The number of hydrogen-bond donors (Lipinski definition) is 1. The van der Waals surface area contributed by atoms with Crippen LogP contribution in [0.15, 0.2) is 12.2 Å². The van der Waals surface area contributed by atoms with Gasteiger partial charge in [0.2, 0.25) is 0 Å². The Labute approximate surface area is 81.9 Å². The highest BCUT2D eigenvalue weighted by Crippen LogP contribution is 2.36. The molecule has 2 atom stereocenters. The predicted octanol–water partition coefficient (Wildman–Crippen LogP) is 3.28. The Kier molecular flexibility index (Phi) is 3.55. The van der Waals surface area contributed by atoms with Crippen LogP contribution in [0.2, 0.25) is 0 Å². The summed E-state index contributed by atoms with van der Waals surface area (Å²) in [7, 11) is 0. The van der Waals surface area contributed by atoms with E-state index in [9.17, 15) is 5.11 Å². The average Bonchev–Trinajstić information content (AvgIpc) is 2.01. The molecule has 0 saturated heterocycles. The van der Waals surface area contributed by atoms with Crippen LogP contribution in [0.4, 0.5) is 0 Å². The molecule has 0 radical (unpaired) electrons. The van der Waals surface area contributed by atoms with E-state index < -0.39 is 5.60 Å². The summed E-state index contributed by atoms with van der Waals surface area (Å²) in [5.41, 5.74) is 0.828. The Balaban J connectivity index is 2.41. The summed E-state index contributed by atoms with van der Waals surface area (Å²) < 4.78 is 0. The van der Waals surface area contributed by atoms with Crippen molar-refractivity contribution in [1.82, 2.24) is 0 Å². The molecule has 1 N–H and O–H groups in total. The molecule has 0 heterocycles. The van der Waals surface area contributed by atoms with Crippen LogP contribution < -0.4 is 0 Å². The average molecular weight is 182 g/mol. The fourth-order valence-electron chi connectivity index (χ4n) is 2.26. The van der Waals surface area contributed by atoms with Gasteiger partial charge in [-0.3, -0.25) is 0 Å². The quantitative estimate of drug-likeness (QED) is 0.664. The molecule has 0 aromatic heterocycles. The van der Waals surface area contributed by atoms with E-state index in [4.69, 9.17) is 0 Å². The molecule has 1 nitrogen and oxygen atoms in total. The van der Waals surface area contributed by atoms with Gasteiger partial charge in [-0.1, -0.05) is 18.4 Å². The molecule has 0 aromatic rings. The van der Waals surface area contributed by atoms with Crippen LogP contribution in [-0.4, -0.2) is 10.7 Å². The van der Waals surface area contributed by atoms with Crippen LogP contribution in [-0.2, 0) is 0 Å². The molecule has 1 saturated carbocycles. The standard InChI is InChI=1S/C12H22O/c1-10(2)7-8-11-6-4-5-9-12(11,3)13/h11,13H,1,4-9H2,2-3H3. The minimum absolute atomic E-state index is 0.409. The minimum Gasteiger partial charge on any atom is -0.390 e. The first-order chi connectivity index (χ1) is 6.02. The molecule has 1 heteroatoms. The zero-order valence-electron chi connectivity index (χ0n) is 8.97. The molecular formula is C12H22O. The Morgan fingerprint density at radius 2 is 2.23 bits per heavy atom. The van der Waals surface area contributed by atoms with Crippen molar-refractivity contribution in [3.05, 3.63) is 12.2 Å². The maximum absolute atomic E-state index is 10.1. The first kappa shape index (κ1) is 10.8. The van der Waals surface area contributed by atoms with E-state index in [1.54, 1.807) is 0 Å². The van der Waals surface area contributed by atoms with Crippen molar-refractivity contribution in [1.29, 1.82) is 0 Å². The van der Waals surface area contributed by atoms with Crippen LogP contribution in [0.5, 0.6) is 0 Å². The summed E-state index contributed by atoms with van der Waals surface area (Å²) in [6, 6.07) is 0. The third-order valence-corrected chi connectivity index (χ3v) is 3.28. The molecule has 0 spiro atoms. The number of hydrogen-bond acceptors (Lipinski definition) is 1. The monoisotopic (exact) mass is 182 g/mol. The van der Waals surface area contributed by atoms with Gasteiger partial charge in [0.05, 0.1) is 5.60 Å². The van der Waals surface area contributed by atoms with Crippen LogP contribution in [0, 0.1) is 5.92 Å². The Hall–Kier alpha value is -0.300. The van der Waals surface area contributed by atoms with Crippen LogP contribution in [0.1, 0.15) is 52.4 Å². The molecular weight excluding hydrogens is 160 g/mol. The lowest BCUT2D eigenvalue weighted by molar-refractivity contribution is -0.0346. The lowest BCUT2D eigenvalue weighted by Gasteiger charge is -2.37.